The van der Waals surface area contributed by atoms with Crippen molar-refractivity contribution in [1.29, 1.82) is 0 Å². The summed E-state index contributed by atoms with van der Waals surface area (Å²) in [4.78, 5) is 81.1. The molecule has 6 heterocycles. The zero-order valence-electron chi connectivity index (χ0n) is 32.3. The lowest BCUT2D eigenvalue weighted by atomic mass is 10.0. The van der Waals surface area contributed by atoms with E-state index in [0.717, 1.165) is 47.5 Å². The van der Waals surface area contributed by atoms with Crippen LogP contribution in [-0.2, 0) is 19.1 Å². The molecule has 0 bridgehead atoms. The van der Waals surface area contributed by atoms with E-state index >= 15 is 0 Å². The summed E-state index contributed by atoms with van der Waals surface area (Å²) in [6, 6.07) is 7.74. The predicted octanol–water partition coefficient (Wildman–Crippen LogP) is 5.66. The molecule has 16 heteroatoms. The topological polar surface area (TPSA) is 204 Å². The summed E-state index contributed by atoms with van der Waals surface area (Å²) in [5.74, 6) is 0.898. The van der Waals surface area contributed by atoms with Crippen molar-refractivity contribution in [3.05, 3.63) is 48.2 Å². The number of nitrogens with one attached hydrogen (secondary N) is 4. The number of oxazole rings is 1. The molecule has 6 aromatic rings. The Bertz CT molecular complexity index is 2500. The van der Waals surface area contributed by atoms with Crippen molar-refractivity contribution in [3.63, 3.8) is 0 Å². The van der Waals surface area contributed by atoms with Crippen molar-refractivity contribution in [2.45, 2.75) is 84.5 Å². The molecular formula is C40H46N10O6. The third-order valence-electron chi connectivity index (χ3n) is 11.0. The number of amides is 4. The van der Waals surface area contributed by atoms with Gasteiger partial charge in [0.25, 0.3) is 0 Å². The van der Waals surface area contributed by atoms with Crippen molar-refractivity contribution in [3.8, 4) is 11.6 Å². The van der Waals surface area contributed by atoms with E-state index in [1.165, 1.54) is 14.0 Å². The largest absolute Gasteiger partial charge is 0.453 e. The van der Waals surface area contributed by atoms with Crippen LogP contribution in [0, 0.1) is 11.8 Å². The third-order valence-corrected chi connectivity index (χ3v) is 11.0. The summed E-state index contributed by atoms with van der Waals surface area (Å²) >= 11 is 0. The van der Waals surface area contributed by atoms with Gasteiger partial charge < -0.3 is 39.6 Å². The van der Waals surface area contributed by atoms with Crippen LogP contribution in [0.4, 0.5) is 4.79 Å². The molecule has 0 aliphatic carbocycles. The van der Waals surface area contributed by atoms with Crippen LogP contribution in [0.15, 0.2) is 40.9 Å². The second-order valence-corrected chi connectivity index (χ2v) is 15.5. The lowest BCUT2D eigenvalue weighted by Crippen LogP contribution is -2.51. The zero-order chi connectivity index (χ0) is 39.4. The maximum atomic E-state index is 13.7. The number of ether oxygens (including phenoxy) is 1. The van der Waals surface area contributed by atoms with Gasteiger partial charge in [-0.2, -0.15) is 0 Å². The number of H-pyrrole nitrogens is 2. The summed E-state index contributed by atoms with van der Waals surface area (Å²) in [6.07, 6.45) is 4.32. The monoisotopic (exact) mass is 762 g/mol. The van der Waals surface area contributed by atoms with Crippen LogP contribution >= 0.6 is 0 Å². The molecule has 0 radical (unpaired) electrons. The first-order valence-electron chi connectivity index (χ1n) is 19.2. The van der Waals surface area contributed by atoms with Gasteiger partial charge in [-0.15, -0.1) is 0 Å². The number of carbonyl (C=O) groups is 4. The predicted molar refractivity (Wildman–Crippen MR) is 208 cm³/mol. The van der Waals surface area contributed by atoms with Gasteiger partial charge in [-0.05, 0) is 67.2 Å². The molecule has 4 amide bonds. The number of benzene rings is 2. The SMILES string of the molecule is COC(=O)N[C@H](C(=O)N1CCC[C@H]1c1nc2ccc3cc(-c4nc5ccc6[nH]c([C@@H]7CCCN7C(=O)[C@@H](NC(C)=O)C(C)C)nc6c5o4)[nH]cc3c2n1)C(C)C. The summed E-state index contributed by atoms with van der Waals surface area (Å²) in [5, 5.41) is 7.28. The molecule has 16 nitrogen and oxygen atoms in total. The summed E-state index contributed by atoms with van der Waals surface area (Å²) in [5.41, 5.74) is 4.66. The van der Waals surface area contributed by atoms with E-state index in [9.17, 15) is 19.2 Å². The molecular weight excluding hydrogens is 717 g/mol. The van der Waals surface area contributed by atoms with E-state index in [0.29, 0.717) is 58.5 Å². The van der Waals surface area contributed by atoms with Crippen LogP contribution in [-0.4, -0.2) is 95.8 Å². The molecule has 4 atom stereocenters. The average molecular weight is 763 g/mol. The summed E-state index contributed by atoms with van der Waals surface area (Å²) < 4.78 is 11.2. The molecule has 2 saturated heterocycles. The number of hydrogen-bond acceptors (Lipinski definition) is 10. The molecule has 2 aliphatic rings. The van der Waals surface area contributed by atoms with Gasteiger partial charge in [0.2, 0.25) is 23.6 Å². The molecule has 0 spiro atoms. The van der Waals surface area contributed by atoms with Crippen LogP contribution < -0.4 is 10.6 Å². The molecule has 0 unspecified atom stereocenters. The van der Waals surface area contributed by atoms with Gasteiger partial charge in [-0.25, -0.2) is 24.7 Å². The molecule has 2 fully saturated rings. The molecule has 8 rings (SSSR count). The van der Waals surface area contributed by atoms with E-state index in [-0.39, 0.29) is 41.6 Å². The normalized spacial score (nSPS) is 18.5. The Morgan fingerprint density at radius 1 is 0.839 bits per heavy atom. The number of likely N-dealkylation sites (tertiary alicyclic amines) is 2. The van der Waals surface area contributed by atoms with Crippen molar-refractivity contribution < 1.29 is 28.3 Å². The molecule has 292 valence electrons. The Kier molecular flexibility index (Phi) is 9.58. The number of hydrogen-bond donors (Lipinski definition) is 4. The molecule has 56 heavy (non-hydrogen) atoms. The fraction of sp³-hybridized carbons (Fsp3) is 0.450. The lowest BCUT2D eigenvalue weighted by Gasteiger charge is -2.30. The van der Waals surface area contributed by atoms with E-state index < -0.39 is 18.2 Å². The van der Waals surface area contributed by atoms with Crippen LogP contribution in [0.1, 0.15) is 84.0 Å². The number of aromatic nitrogens is 6. The summed E-state index contributed by atoms with van der Waals surface area (Å²) in [7, 11) is 1.28. The van der Waals surface area contributed by atoms with Crippen molar-refractivity contribution in [2.24, 2.45) is 11.8 Å². The fourth-order valence-corrected chi connectivity index (χ4v) is 8.13. The van der Waals surface area contributed by atoms with Crippen LogP contribution in [0.3, 0.4) is 0 Å². The number of aromatic amines is 2. The number of alkyl carbamates (subject to hydrolysis) is 1. The molecule has 4 aromatic heterocycles. The Hall–Kier alpha value is -6.06. The zero-order valence-corrected chi connectivity index (χ0v) is 32.3. The number of fused-ring (bicyclic) bond motifs is 6. The van der Waals surface area contributed by atoms with Gasteiger partial charge in [0.15, 0.2) is 11.4 Å². The van der Waals surface area contributed by atoms with Gasteiger partial charge in [-0.3, -0.25) is 14.4 Å². The highest BCUT2D eigenvalue weighted by atomic mass is 16.5. The molecule has 4 N–H and O–H groups in total. The molecule has 2 aliphatic heterocycles. The minimum Gasteiger partial charge on any atom is -0.453 e. The number of methoxy groups -OCH3 is 1. The number of rotatable bonds is 9. The first-order valence-corrected chi connectivity index (χ1v) is 19.2. The second-order valence-electron chi connectivity index (χ2n) is 15.5. The minimum absolute atomic E-state index is 0.0643. The van der Waals surface area contributed by atoms with Gasteiger partial charge >= 0.3 is 6.09 Å². The number of carbonyl (C=O) groups excluding carboxylic acids is 4. The number of pyridine rings is 1. The quantitative estimate of drug-likeness (QED) is 0.142. The molecule has 2 aromatic carbocycles. The maximum Gasteiger partial charge on any atom is 0.407 e. The average Bonchev–Trinajstić information content (AvgIpc) is 4.02. The molecule has 0 saturated carbocycles. The number of nitrogens with zero attached hydrogens (tertiary/aromatic N) is 6. The second kappa shape index (κ2) is 14.5. The Labute approximate surface area is 322 Å². The van der Waals surface area contributed by atoms with E-state index in [2.05, 4.69) is 20.6 Å². The summed E-state index contributed by atoms with van der Waals surface area (Å²) in [6.45, 7) is 10.2. The third kappa shape index (κ3) is 6.56. The highest BCUT2D eigenvalue weighted by Gasteiger charge is 2.39. The fourth-order valence-electron chi connectivity index (χ4n) is 8.13. The maximum absolute atomic E-state index is 13.7. The van der Waals surface area contributed by atoms with E-state index in [1.54, 1.807) is 4.90 Å². The standard InChI is InChI=1S/C40H46N10O6/c1-19(2)30(42-21(5)51)38(52)49-15-8-10-29(49)36-44-25-13-14-26-34(33(25)47-36)56-37(45-26)27-17-22-11-12-24-32(23(22)18-41-27)46-35(43-24)28-9-7-16-50(28)39(53)31(20(3)4)48-40(54)55-6/h11-14,17-20,28-31,41H,7-10,15-16H2,1-6H3,(H,42,51)(H,44,47)(H,48,54)/t28-,29-,30-,31-/m0/s1. The minimum atomic E-state index is -0.729. The Balaban J connectivity index is 1.07. The highest BCUT2D eigenvalue weighted by molar-refractivity contribution is 6.05. The van der Waals surface area contributed by atoms with Crippen LogP contribution in [0.5, 0.6) is 0 Å². The Morgan fingerprint density at radius 3 is 2.21 bits per heavy atom. The van der Waals surface area contributed by atoms with Gasteiger partial charge in [0, 0.05) is 31.6 Å². The van der Waals surface area contributed by atoms with Crippen molar-refractivity contribution >= 4 is 67.8 Å². The van der Waals surface area contributed by atoms with Gasteiger partial charge in [0.05, 0.1) is 30.2 Å². The highest BCUT2D eigenvalue weighted by Crippen LogP contribution is 2.37. The first-order chi connectivity index (χ1) is 26.9. The van der Waals surface area contributed by atoms with Crippen molar-refractivity contribution in [1.82, 2.24) is 50.3 Å². The van der Waals surface area contributed by atoms with Crippen molar-refractivity contribution in [2.75, 3.05) is 20.2 Å². The smallest absolute Gasteiger partial charge is 0.407 e. The number of imidazole rings is 2. The van der Waals surface area contributed by atoms with Crippen LogP contribution in [0.2, 0.25) is 0 Å². The Morgan fingerprint density at radius 2 is 1.52 bits per heavy atom. The van der Waals surface area contributed by atoms with Gasteiger partial charge in [-0.1, -0.05) is 33.8 Å². The van der Waals surface area contributed by atoms with E-state index in [4.69, 9.17) is 29.1 Å². The first kappa shape index (κ1) is 36.9. The van der Waals surface area contributed by atoms with E-state index in [1.807, 2.05) is 69.1 Å². The lowest BCUT2D eigenvalue weighted by molar-refractivity contribution is -0.138. The van der Waals surface area contributed by atoms with Crippen LogP contribution in [0.25, 0.3) is 55.5 Å². The van der Waals surface area contributed by atoms with Gasteiger partial charge in [0.1, 0.15) is 40.2 Å².